The van der Waals surface area contributed by atoms with Gasteiger partial charge in [-0.1, -0.05) is 30.3 Å². The van der Waals surface area contributed by atoms with E-state index in [9.17, 15) is 22.4 Å². The average molecular weight is 589 g/mol. The highest BCUT2D eigenvalue weighted by molar-refractivity contribution is 6.02. The van der Waals surface area contributed by atoms with E-state index >= 15 is 0 Å². The van der Waals surface area contributed by atoms with Crippen molar-refractivity contribution < 1.29 is 27.1 Å². The molecule has 3 aromatic heterocycles. The minimum atomic E-state index is -4.72. The molecule has 0 saturated carbocycles. The van der Waals surface area contributed by atoms with Gasteiger partial charge in [0, 0.05) is 36.4 Å². The number of hydrogen-bond acceptors (Lipinski definition) is 6. The number of amides is 1. The molecular weight excluding hydrogens is 564 g/mol. The van der Waals surface area contributed by atoms with Crippen molar-refractivity contribution in [2.45, 2.75) is 19.1 Å². The van der Waals surface area contributed by atoms with E-state index in [1.54, 1.807) is 6.08 Å². The number of carbonyl (C=O) groups excluding carboxylic acids is 1. The molecule has 43 heavy (non-hydrogen) atoms. The molecule has 12 heteroatoms. The van der Waals surface area contributed by atoms with Crippen molar-refractivity contribution >= 4 is 23.0 Å². The van der Waals surface area contributed by atoms with E-state index in [1.807, 2.05) is 41.9 Å². The molecule has 6 rings (SSSR count). The molecule has 8 nitrogen and oxygen atoms in total. The van der Waals surface area contributed by atoms with Gasteiger partial charge >= 0.3 is 6.18 Å². The van der Waals surface area contributed by atoms with Crippen LogP contribution in [-0.4, -0.2) is 49.0 Å². The number of alkyl halides is 3. The summed E-state index contributed by atoms with van der Waals surface area (Å²) in [6.45, 7) is -0.0994. The highest BCUT2D eigenvalue weighted by Crippen LogP contribution is 2.38. The van der Waals surface area contributed by atoms with Crippen LogP contribution in [0.2, 0.25) is 0 Å². The maximum absolute atomic E-state index is 14.0. The molecule has 0 N–H and O–H groups in total. The molecule has 0 bridgehead atoms. The fraction of sp³-hybridized carbons (Fsp3) is 0.194. The van der Waals surface area contributed by atoms with Gasteiger partial charge in [-0.15, -0.1) is 0 Å². The summed E-state index contributed by atoms with van der Waals surface area (Å²) in [5, 5.41) is 0.617. The highest BCUT2D eigenvalue weighted by atomic mass is 19.4. The molecule has 1 aliphatic rings. The van der Waals surface area contributed by atoms with Crippen molar-refractivity contribution in [2.24, 2.45) is 7.05 Å². The molecule has 1 aliphatic heterocycles. The van der Waals surface area contributed by atoms with Gasteiger partial charge in [0.2, 0.25) is 11.8 Å². The van der Waals surface area contributed by atoms with Crippen LogP contribution in [0.25, 0.3) is 39.8 Å². The number of hydrogen-bond donors (Lipinski definition) is 0. The third kappa shape index (κ3) is 5.20. The predicted molar refractivity (Wildman–Crippen MR) is 151 cm³/mol. The maximum Gasteiger partial charge on any atom is 0.433 e. The number of aryl methyl sites for hydroxylation is 1. The first-order valence-electron chi connectivity index (χ1n) is 13.3. The van der Waals surface area contributed by atoms with Crippen molar-refractivity contribution in [1.82, 2.24) is 29.4 Å². The molecule has 0 atom stereocenters. The Kier molecular flexibility index (Phi) is 7.12. The minimum absolute atomic E-state index is 0.0475. The van der Waals surface area contributed by atoms with Crippen LogP contribution in [0.4, 0.5) is 17.6 Å². The summed E-state index contributed by atoms with van der Waals surface area (Å²) in [6.07, 6.45) is -0.363. The number of aromatic nitrogens is 5. The summed E-state index contributed by atoms with van der Waals surface area (Å²) >= 11 is 0. The second kappa shape index (κ2) is 10.9. The zero-order chi connectivity index (χ0) is 30.3. The van der Waals surface area contributed by atoms with Gasteiger partial charge in [-0.2, -0.15) is 13.2 Å². The average Bonchev–Trinajstić information content (AvgIpc) is 3.30. The lowest BCUT2D eigenvalue weighted by atomic mass is 10.0. The van der Waals surface area contributed by atoms with Gasteiger partial charge in [-0.05, 0) is 42.3 Å². The summed E-state index contributed by atoms with van der Waals surface area (Å²) in [5.74, 6) is -0.794. The van der Waals surface area contributed by atoms with E-state index in [0.29, 0.717) is 22.5 Å². The van der Waals surface area contributed by atoms with Crippen molar-refractivity contribution in [2.75, 3.05) is 13.7 Å². The summed E-state index contributed by atoms with van der Waals surface area (Å²) in [4.78, 5) is 31.7. The van der Waals surface area contributed by atoms with Gasteiger partial charge < -0.3 is 14.2 Å². The van der Waals surface area contributed by atoms with E-state index in [-0.39, 0.29) is 42.2 Å². The number of ether oxygens (including phenoxy) is 1. The summed E-state index contributed by atoms with van der Waals surface area (Å²) < 4.78 is 62.9. The first-order chi connectivity index (χ1) is 20.7. The standard InChI is InChI=1S/C31H24F4N6O2/c1-40-26(18-6-4-3-5-7-18)22(25-29(40)36-17-37-30(25)43-2)12-13-24(42)41-15-14-21-23(16-41)38-28(39-27(21)31(33,34)35)19-8-10-20(32)11-9-19/h3-13,17H,14-16H2,1-2H3/b13-12+. The zero-order valence-corrected chi connectivity index (χ0v) is 23.1. The van der Waals surface area contributed by atoms with Gasteiger partial charge in [-0.3, -0.25) is 4.79 Å². The number of carbonyl (C=O) groups is 1. The molecular formula is C31H24F4N6O2. The Morgan fingerprint density at radius 2 is 1.74 bits per heavy atom. The fourth-order valence-electron chi connectivity index (χ4n) is 5.36. The first-order valence-corrected chi connectivity index (χ1v) is 13.3. The molecule has 2 aromatic carbocycles. The maximum atomic E-state index is 14.0. The van der Waals surface area contributed by atoms with Crippen LogP contribution in [0.15, 0.2) is 67.0 Å². The lowest BCUT2D eigenvalue weighted by Crippen LogP contribution is -2.37. The van der Waals surface area contributed by atoms with Crippen LogP contribution in [0.5, 0.6) is 5.88 Å². The van der Waals surface area contributed by atoms with E-state index < -0.39 is 23.6 Å². The second-order valence-electron chi connectivity index (χ2n) is 9.94. The molecule has 0 saturated heterocycles. The lowest BCUT2D eigenvalue weighted by molar-refractivity contribution is -0.142. The highest BCUT2D eigenvalue weighted by Gasteiger charge is 2.39. The largest absolute Gasteiger partial charge is 0.480 e. The Bertz CT molecular complexity index is 1870. The van der Waals surface area contributed by atoms with Gasteiger partial charge in [-0.25, -0.2) is 24.3 Å². The van der Waals surface area contributed by atoms with E-state index in [1.165, 1.54) is 36.5 Å². The Morgan fingerprint density at radius 1 is 1.00 bits per heavy atom. The Labute approximate surface area is 243 Å². The van der Waals surface area contributed by atoms with E-state index in [0.717, 1.165) is 23.4 Å². The van der Waals surface area contributed by atoms with Crippen LogP contribution in [0.3, 0.4) is 0 Å². The van der Waals surface area contributed by atoms with Crippen molar-refractivity contribution in [3.05, 3.63) is 95.3 Å². The van der Waals surface area contributed by atoms with Crippen LogP contribution in [0, 0.1) is 5.82 Å². The molecule has 0 radical (unpaired) electrons. The molecule has 1 amide bonds. The minimum Gasteiger partial charge on any atom is -0.480 e. The van der Waals surface area contributed by atoms with Crippen LogP contribution < -0.4 is 4.74 Å². The van der Waals surface area contributed by atoms with Gasteiger partial charge in [0.05, 0.1) is 30.4 Å². The smallest absolute Gasteiger partial charge is 0.433 e. The third-order valence-corrected chi connectivity index (χ3v) is 7.35. The van der Waals surface area contributed by atoms with Crippen LogP contribution >= 0.6 is 0 Å². The molecule has 0 spiro atoms. The monoisotopic (exact) mass is 588 g/mol. The number of methoxy groups -OCH3 is 1. The van der Waals surface area contributed by atoms with E-state index in [4.69, 9.17) is 4.74 Å². The topological polar surface area (TPSA) is 86.0 Å². The molecule has 5 aromatic rings. The zero-order valence-electron chi connectivity index (χ0n) is 23.1. The molecule has 0 unspecified atom stereocenters. The lowest BCUT2D eigenvalue weighted by Gasteiger charge is -2.29. The number of rotatable bonds is 5. The van der Waals surface area contributed by atoms with Gasteiger partial charge in [0.1, 0.15) is 17.8 Å². The number of nitrogens with zero attached hydrogens (tertiary/aromatic N) is 6. The normalized spacial score (nSPS) is 13.5. The Balaban J connectivity index is 1.37. The van der Waals surface area contributed by atoms with Crippen LogP contribution in [0.1, 0.15) is 22.5 Å². The number of halogens is 4. The predicted octanol–water partition coefficient (Wildman–Crippen LogP) is 5.86. The Morgan fingerprint density at radius 3 is 2.44 bits per heavy atom. The quantitative estimate of drug-likeness (QED) is 0.189. The summed E-state index contributed by atoms with van der Waals surface area (Å²) in [7, 11) is 3.35. The SMILES string of the molecule is COc1ncnc2c1c(/C=C/C(=O)N1CCc3c(nc(-c4ccc(F)cc4)nc3C(F)(F)F)C1)c(-c1ccccc1)n2C. The third-order valence-electron chi connectivity index (χ3n) is 7.35. The van der Waals surface area contributed by atoms with Gasteiger partial charge in [0.25, 0.3) is 0 Å². The first kappa shape index (κ1) is 28.0. The van der Waals surface area contributed by atoms with Crippen molar-refractivity contribution in [1.29, 1.82) is 0 Å². The van der Waals surface area contributed by atoms with Crippen molar-refractivity contribution in [3.63, 3.8) is 0 Å². The number of fused-ring (bicyclic) bond motifs is 2. The summed E-state index contributed by atoms with van der Waals surface area (Å²) in [5.41, 5.74) is 2.17. The van der Waals surface area contributed by atoms with Crippen LogP contribution in [-0.2, 0) is 31.0 Å². The van der Waals surface area contributed by atoms with Crippen molar-refractivity contribution in [3.8, 4) is 28.5 Å². The van der Waals surface area contributed by atoms with Gasteiger partial charge in [0.15, 0.2) is 11.5 Å². The Hall–Kier alpha value is -5.13. The fourth-order valence-corrected chi connectivity index (χ4v) is 5.36. The summed E-state index contributed by atoms with van der Waals surface area (Å²) in [6, 6.07) is 14.5. The van der Waals surface area contributed by atoms with E-state index in [2.05, 4.69) is 19.9 Å². The molecule has 0 aliphatic carbocycles. The number of benzene rings is 2. The molecule has 218 valence electrons. The molecule has 0 fully saturated rings. The molecule has 4 heterocycles. The second-order valence-corrected chi connectivity index (χ2v) is 9.94.